The minimum atomic E-state index is -0.144. The molecule has 1 aromatic carbocycles. The number of amides is 2. The van der Waals surface area contributed by atoms with Crippen LogP contribution in [-0.2, 0) is 12.8 Å². The number of piperazine rings is 1. The van der Waals surface area contributed by atoms with Crippen LogP contribution in [-0.4, -0.2) is 67.5 Å². The van der Waals surface area contributed by atoms with E-state index in [2.05, 4.69) is 28.3 Å². The first-order chi connectivity index (χ1) is 18.2. The third-order valence-corrected chi connectivity index (χ3v) is 7.56. The molecular weight excluding hydrogens is 468 g/mol. The normalized spacial score (nSPS) is 16.9. The van der Waals surface area contributed by atoms with Crippen molar-refractivity contribution < 1.29 is 14.0 Å². The van der Waals surface area contributed by atoms with Crippen molar-refractivity contribution in [1.29, 1.82) is 0 Å². The second-order valence-electron chi connectivity index (χ2n) is 9.89. The Balaban J connectivity index is 1.16. The monoisotopic (exact) mass is 494 g/mol. The minimum Gasteiger partial charge on any atom is -0.459 e. The summed E-state index contributed by atoms with van der Waals surface area (Å²) in [5.41, 5.74) is 6.03. The van der Waals surface area contributed by atoms with Crippen molar-refractivity contribution in [3.05, 3.63) is 83.2 Å². The molecule has 0 spiro atoms. The van der Waals surface area contributed by atoms with Gasteiger partial charge in [0, 0.05) is 43.9 Å². The van der Waals surface area contributed by atoms with Crippen LogP contribution in [0.4, 0.5) is 0 Å². The fraction of sp³-hybridized carbons (Fsp3) is 0.321. The lowest BCUT2D eigenvalue weighted by Gasteiger charge is -2.34. The molecule has 3 aromatic heterocycles. The van der Waals surface area contributed by atoms with E-state index in [4.69, 9.17) is 9.40 Å². The second kappa shape index (κ2) is 8.69. The first-order valence-electron chi connectivity index (χ1n) is 12.8. The van der Waals surface area contributed by atoms with Gasteiger partial charge in [0.1, 0.15) is 0 Å². The number of hydrogen-bond acceptors (Lipinski definition) is 6. The minimum absolute atomic E-state index is 0.0541. The SMILES string of the molecule is O=C(c1ccco1)N1CCN(C(=O)c2cnn(-c3ncc4c(n3)-c3ccccc3CC4)c2C2CC2)CC1. The number of rotatable bonds is 4. The number of aryl methyl sites for hydroxylation is 2. The molecule has 4 aromatic rings. The van der Waals surface area contributed by atoms with E-state index in [0.29, 0.717) is 43.5 Å². The predicted octanol–water partition coefficient (Wildman–Crippen LogP) is 3.50. The standard InChI is InChI=1S/C28H26N6O3/c35-26(32-11-13-33(14-12-32)27(36)23-6-3-15-37-23)22-17-30-34(25(22)19-8-9-19)28-29-16-20-10-7-18-4-1-2-5-21(18)24(20)31-28/h1-6,15-17,19H,7-14H2. The predicted molar refractivity (Wildman–Crippen MR) is 134 cm³/mol. The molecule has 0 atom stereocenters. The Morgan fingerprint density at radius 2 is 1.62 bits per heavy atom. The highest BCUT2D eigenvalue weighted by molar-refractivity contribution is 5.96. The smallest absolute Gasteiger partial charge is 0.289 e. The van der Waals surface area contributed by atoms with Gasteiger partial charge in [-0.15, -0.1) is 0 Å². The van der Waals surface area contributed by atoms with Crippen molar-refractivity contribution in [1.82, 2.24) is 29.5 Å². The maximum absolute atomic E-state index is 13.6. The molecule has 1 saturated heterocycles. The zero-order chi connectivity index (χ0) is 24.9. The quantitative estimate of drug-likeness (QED) is 0.431. The van der Waals surface area contributed by atoms with Gasteiger partial charge in [-0.25, -0.2) is 14.6 Å². The van der Waals surface area contributed by atoms with Gasteiger partial charge in [-0.1, -0.05) is 24.3 Å². The third kappa shape index (κ3) is 3.82. The maximum Gasteiger partial charge on any atom is 0.289 e. The molecule has 186 valence electrons. The number of carbonyl (C=O) groups excluding carboxylic acids is 2. The van der Waals surface area contributed by atoms with Crippen molar-refractivity contribution >= 4 is 11.8 Å². The van der Waals surface area contributed by atoms with E-state index in [-0.39, 0.29) is 17.7 Å². The molecule has 7 rings (SSSR count). The molecule has 37 heavy (non-hydrogen) atoms. The number of fused-ring (bicyclic) bond motifs is 3. The molecule has 1 aliphatic heterocycles. The molecule has 1 saturated carbocycles. The molecule has 0 N–H and O–H groups in total. The number of carbonyl (C=O) groups is 2. The molecule has 0 bridgehead atoms. The molecule has 9 nitrogen and oxygen atoms in total. The second-order valence-corrected chi connectivity index (χ2v) is 9.89. The molecule has 2 fully saturated rings. The van der Waals surface area contributed by atoms with Crippen molar-refractivity contribution in [3.63, 3.8) is 0 Å². The van der Waals surface area contributed by atoms with Crippen LogP contribution in [0, 0.1) is 0 Å². The Kier molecular flexibility index (Phi) is 5.16. The lowest BCUT2D eigenvalue weighted by atomic mass is 9.90. The first kappa shape index (κ1) is 22.0. The van der Waals surface area contributed by atoms with Crippen LogP contribution >= 0.6 is 0 Å². The highest BCUT2D eigenvalue weighted by atomic mass is 16.3. The lowest BCUT2D eigenvalue weighted by molar-refractivity contribution is 0.0517. The van der Waals surface area contributed by atoms with Gasteiger partial charge in [-0.3, -0.25) is 9.59 Å². The van der Waals surface area contributed by atoms with Crippen molar-refractivity contribution in [2.24, 2.45) is 0 Å². The fourth-order valence-corrected chi connectivity index (χ4v) is 5.43. The first-order valence-corrected chi connectivity index (χ1v) is 12.8. The van der Waals surface area contributed by atoms with Gasteiger partial charge < -0.3 is 14.2 Å². The summed E-state index contributed by atoms with van der Waals surface area (Å²) >= 11 is 0. The number of hydrogen-bond donors (Lipinski definition) is 0. The van der Waals surface area contributed by atoms with E-state index in [1.54, 1.807) is 27.9 Å². The average molecular weight is 495 g/mol. The van der Waals surface area contributed by atoms with E-state index >= 15 is 0 Å². The largest absolute Gasteiger partial charge is 0.459 e. The Morgan fingerprint density at radius 1 is 0.865 bits per heavy atom. The Morgan fingerprint density at radius 3 is 2.38 bits per heavy atom. The van der Waals surface area contributed by atoms with Gasteiger partial charge in [-0.2, -0.15) is 5.10 Å². The molecule has 2 aliphatic carbocycles. The highest BCUT2D eigenvalue weighted by Gasteiger charge is 2.36. The zero-order valence-corrected chi connectivity index (χ0v) is 20.3. The van der Waals surface area contributed by atoms with Crippen LogP contribution in [0.25, 0.3) is 17.2 Å². The molecule has 0 unspecified atom stereocenters. The van der Waals surface area contributed by atoms with Crippen molar-refractivity contribution in [3.8, 4) is 17.2 Å². The Bertz CT molecular complexity index is 1500. The van der Waals surface area contributed by atoms with Crippen molar-refractivity contribution in [2.75, 3.05) is 26.2 Å². The van der Waals surface area contributed by atoms with Crippen LogP contribution in [0.15, 0.2) is 59.5 Å². The van der Waals surface area contributed by atoms with Gasteiger partial charge in [0.05, 0.1) is 29.4 Å². The van der Waals surface area contributed by atoms with E-state index in [0.717, 1.165) is 48.2 Å². The topological polar surface area (TPSA) is 97.4 Å². The Labute approximate surface area is 213 Å². The summed E-state index contributed by atoms with van der Waals surface area (Å²) in [6.07, 6.45) is 9.00. The summed E-state index contributed by atoms with van der Waals surface area (Å²) in [5, 5.41) is 4.61. The fourth-order valence-electron chi connectivity index (χ4n) is 5.43. The number of nitrogens with zero attached hydrogens (tertiary/aromatic N) is 6. The van der Waals surface area contributed by atoms with Crippen molar-refractivity contribution in [2.45, 2.75) is 31.6 Å². The highest BCUT2D eigenvalue weighted by Crippen LogP contribution is 2.43. The van der Waals surface area contributed by atoms with Gasteiger partial charge in [-0.05, 0) is 48.9 Å². The zero-order valence-electron chi connectivity index (χ0n) is 20.3. The summed E-state index contributed by atoms with van der Waals surface area (Å²) in [6, 6.07) is 11.7. The van der Waals surface area contributed by atoms with Gasteiger partial charge in [0.25, 0.3) is 17.8 Å². The number of furan rings is 1. The van der Waals surface area contributed by atoms with E-state index in [9.17, 15) is 9.59 Å². The maximum atomic E-state index is 13.6. The lowest BCUT2D eigenvalue weighted by Crippen LogP contribution is -2.50. The molecular formula is C28H26N6O3. The van der Waals surface area contributed by atoms with Crippen LogP contribution in [0.1, 0.15) is 56.5 Å². The van der Waals surface area contributed by atoms with Gasteiger partial charge >= 0.3 is 0 Å². The van der Waals surface area contributed by atoms with Gasteiger partial charge in [0.15, 0.2) is 5.76 Å². The summed E-state index contributed by atoms with van der Waals surface area (Å²) in [5.74, 6) is 0.904. The molecule has 2 amide bonds. The summed E-state index contributed by atoms with van der Waals surface area (Å²) in [6.45, 7) is 1.86. The van der Waals surface area contributed by atoms with Crippen LogP contribution in [0.2, 0.25) is 0 Å². The van der Waals surface area contributed by atoms with E-state index < -0.39 is 0 Å². The molecule has 9 heteroatoms. The molecule has 4 heterocycles. The van der Waals surface area contributed by atoms with Crippen LogP contribution in [0.3, 0.4) is 0 Å². The number of aromatic nitrogens is 4. The summed E-state index contributed by atoms with van der Waals surface area (Å²) in [4.78, 5) is 39.3. The van der Waals surface area contributed by atoms with Gasteiger partial charge in [0.2, 0.25) is 0 Å². The van der Waals surface area contributed by atoms with Crippen LogP contribution in [0.5, 0.6) is 0 Å². The van der Waals surface area contributed by atoms with E-state index in [1.807, 2.05) is 17.2 Å². The number of benzene rings is 1. The molecule has 3 aliphatic rings. The third-order valence-electron chi connectivity index (χ3n) is 7.56. The van der Waals surface area contributed by atoms with Crippen LogP contribution < -0.4 is 0 Å². The molecule has 0 radical (unpaired) electrons. The Hall–Kier alpha value is -4.27. The van der Waals surface area contributed by atoms with E-state index in [1.165, 1.54) is 11.8 Å². The summed E-state index contributed by atoms with van der Waals surface area (Å²) in [7, 11) is 0. The summed E-state index contributed by atoms with van der Waals surface area (Å²) < 4.78 is 7.01. The average Bonchev–Trinajstić information content (AvgIpc) is 3.45.